The van der Waals surface area contributed by atoms with Gasteiger partial charge in [-0.25, -0.2) is 4.79 Å². The van der Waals surface area contributed by atoms with Gasteiger partial charge in [-0.15, -0.1) is 0 Å². The molecular weight excluding hydrogens is 620 g/mol. The van der Waals surface area contributed by atoms with Gasteiger partial charge >= 0.3 is 5.97 Å². The van der Waals surface area contributed by atoms with Crippen molar-refractivity contribution in [3.63, 3.8) is 0 Å². The average Bonchev–Trinajstić information content (AvgIpc) is 3.40. The van der Waals surface area contributed by atoms with E-state index in [2.05, 4.69) is 78.3 Å². The second kappa shape index (κ2) is 12.3. The number of amides is 1. The number of morpholine rings is 1. The van der Waals surface area contributed by atoms with Crippen LogP contribution < -0.4 is 5.32 Å². The molecule has 1 amide bonds. The molecule has 11 atom stereocenters. The Hall–Kier alpha value is -2.44. The number of carbonyl (C=O) groups is 2. The number of rotatable bonds is 6. The first kappa shape index (κ1) is 35.9. The van der Waals surface area contributed by atoms with Gasteiger partial charge in [0.25, 0.3) is 0 Å². The van der Waals surface area contributed by atoms with Crippen molar-refractivity contribution in [3.05, 3.63) is 53.6 Å². The summed E-state index contributed by atoms with van der Waals surface area (Å²) in [5, 5.41) is 13.3. The molecule has 0 bridgehead atoms. The van der Waals surface area contributed by atoms with E-state index in [9.17, 15) is 14.7 Å². The number of carboxylic acid groups (broad SMARTS) is 1. The molecule has 6 aliphatic rings. The number of hydrogen-bond acceptors (Lipinski definition) is 4. The Kier molecular flexibility index (Phi) is 8.86. The molecule has 6 heteroatoms. The first-order valence-electron chi connectivity index (χ1n) is 19.8. The maximum Gasteiger partial charge on any atom is 0.335 e. The Morgan fingerprint density at radius 3 is 2.22 bits per heavy atom. The monoisotopic (exact) mass is 684 g/mol. The molecule has 1 aromatic rings. The van der Waals surface area contributed by atoms with Crippen molar-refractivity contribution >= 4 is 17.4 Å². The topological polar surface area (TPSA) is 78.9 Å². The summed E-state index contributed by atoms with van der Waals surface area (Å²) in [5.74, 6) is 2.00. The highest BCUT2D eigenvalue weighted by molar-refractivity contribution is 5.88. The van der Waals surface area contributed by atoms with Gasteiger partial charge in [0.1, 0.15) is 0 Å². The van der Waals surface area contributed by atoms with Crippen molar-refractivity contribution in [2.24, 2.45) is 51.2 Å². The van der Waals surface area contributed by atoms with Gasteiger partial charge in [0.15, 0.2) is 0 Å². The normalized spacial score (nSPS) is 43.8. The van der Waals surface area contributed by atoms with E-state index in [4.69, 9.17) is 4.74 Å². The molecule has 11 unspecified atom stereocenters. The second-order valence-electron chi connectivity index (χ2n) is 19.3. The Bertz CT molecular complexity index is 1550. The summed E-state index contributed by atoms with van der Waals surface area (Å²) in [4.78, 5) is 27.8. The van der Waals surface area contributed by atoms with E-state index in [0.717, 1.165) is 38.8 Å². The lowest BCUT2D eigenvalue weighted by molar-refractivity contribution is -0.219. The van der Waals surface area contributed by atoms with Gasteiger partial charge in [0.2, 0.25) is 5.91 Å². The quantitative estimate of drug-likeness (QED) is 0.293. The van der Waals surface area contributed by atoms with Crippen molar-refractivity contribution in [2.45, 2.75) is 131 Å². The minimum atomic E-state index is -0.872. The van der Waals surface area contributed by atoms with Gasteiger partial charge < -0.3 is 15.2 Å². The zero-order valence-electron chi connectivity index (χ0n) is 32.2. The number of nitrogens with zero attached hydrogens (tertiary/aromatic N) is 1. The van der Waals surface area contributed by atoms with Crippen molar-refractivity contribution < 1.29 is 19.4 Å². The minimum Gasteiger partial charge on any atom is -0.478 e. The van der Waals surface area contributed by atoms with Crippen LogP contribution in [0.5, 0.6) is 0 Å². The molecule has 274 valence electrons. The number of ether oxygens (including phenoxy) is 1. The van der Waals surface area contributed by atoms with Crippen LogP contribution in [0.2, 0.25) is 0 Å². The molecule has 0 aromatic heterocycles. The molecule has 1 heterocycles. The third kappa shape index (κ3) is 5.39. The van der Waals surface area contributed by atoms with Crippen molar-refractivity contribution in [1.82, 2.24) is 10.2 Å². The highest BCUT2D eigenvalue weighted by Crippen LogP contribution is 2.76. The molecule has 1 aliphatic heterocycles. The Morgan fingerprint density at radius 2 is 1.58 bits per heavy atom. The first-order chi connectivity index (χ1) is 23.4. The van der Waals surface area contributed by atoms with E-state index in [1.54, 1.807) is 12.1 Å². The summed E-state index contributed by atoms with van der Waals surface area (Å²) in [6.45, 7) is 26.0. The molecule has 6 nitrogen and oxygen atoms in total. The number of carbonyl (C=O) groups excluding carboxylic acids is 1. The Labute approximate surface area is 301 Å². The zero-order valence-corrected chi connectivity index (χ0v) is 32.2. The van der Waals surface area contributed by atoms with E-state index >= 15 is 0 Å². The Morgan fingerprint density at radius 1 is 0.900 bits per heavy atom. The maximum absolute atomic E-state index is 13.9. The maximum atomic E-state index is 13.9. The van der Waals surface area contributed by atoms with Crippen LogP contribution >= 0.6 is 0 Å². The van der Waals surface area contributed by atoms with Crippen LogP contribution in [0.25, 0.3) is 5.57 Å². The molecule has 5 aliphatic carbocycles. The van der Waals surface area contributed by atoms with E-state index < -0.39 is 5.97 Å². The third-order valence-corrected chi connectivity index (χ3v) is 16.3. The number of nitrogens with one attached hydrogen (secondary N) is 1. The molecule has 4 saturated carbocycles. The summed E-state index contributed by atoms with van der Waals surface area (Å²) in [6, 6.07) is 7.57. The van der Waals surface area contributed by atoms with Gasteiger partial charge in [-0.3, -0.25) is 9.69 Å². The van der Waals surface area contributed by atoms with Gasteiger partial charge in [-0.1, -0.05) is 65.0 Å². The molecule has 5 fully saturated rings. The predicted octanol–water partition coefficient (Wildman–Crippen LogP) is 9.01. The van der Waals surface area contributed by atoms with Crippen LogP contribution in [0, 0.1) is 51.2 Å². The lowest BCUT2D eigenvalue weighted by Crippen LogP contribution is -2.68. The smallest absolute Gasteiger partial charge is 0.335 e. The number of allylic oxidation sites excluding steroid dienone is 3. The average molecular weight is 685 g/mol. The molecule has 2 N–H and O–H groups in total. The van der Waals surface area contributed by atoms with Gasteiger partial charge in [0, 0.05) is 18.6 Å². The van der Waals surface area contributed by atoms with Crippen molar-refractivity contribution in [2.75, 3.05) is 19.6 Å². The van der Waals surface area contributed by atoms with Crippen LogP contribution in [0.1, 0.15) is 129 Å². The van der Waals surface area contributed by atoms with E-state index in [0.29, 0.717) is 41.7 Å². The van der Waals surface area contributed by atoms with E-state index in [-0.39, 0.29) is 45.3 Å². The number of carboxylic acids is 1. The molecule has 1 aromatic carbocycles. The summed E-state index contributed by atoms with van der Waals surface area (Å²) in [7, 11) is 0. The number of aromatic carboxylic acids is 1. The largest absolute Gasteiger partial charge is 0.478 e. The van der Waals surface area contributed by atoms with Gasteiger partial charge in [-0.2, -0.15) is 0 Å². The number of fused-ring (bicyclic) bond motifs is 7. The van der Waals surface area contributed by atoms with Crippen LogP contribution in [0.15, 0.2) is 42.5 Å². The molecule has 0 radical (unpaired) electrons. The summed E-state index contributed by atoms with van der Waals surface area (Å²) in [6.07, 6.45) is 13.3. The molecule has 1 saturated heterocycles. The molecule has 7 rings (SSSR count). The molecular formula is C44H64N2O4. The number of benzene rings is 1. The number of hydrogen-bond donors (Lipinski definition) is 2. The highest BCUT2D eigenvalue weighted by Gasteiger charge is 2.70. The predicted molar refractivity (Wildman–Crippen MR) is 201 cm³/mol. The minimum absolute atomic E-state index is 0.00457. The highest BCUT2D eigenvalue weighted by atomic mass is 16.5. The van der Waals surface area contributed by atoms with E-state index in [1.165, 1.54) is 48.8 Å². The summed E-state index contributed by atoms with van der Waals surface area (Å²) < 4.78 is 5.96. The lowest BCUT2D eigenvalue weighted by atomic mass is 9.33. The summed E-state index contributed by atoms with van der Waals surface area (Å²) in [5.41, 5.74) is 4.69. The molecule has 50 heavy (non-hydrogen) atoms. The fraction of sp³-hybridized carbons (Fsp3) is 0.727. The fourth-order valence-electron chi connectivity index (χ4n) is 14.2. The van der Waals surface area contributed by atoms with Crippen LogP contribution in [0.3, 0.4) is 0 Å². The van der Waals surface area contributed by atoms with Crippen LogP contribution in [-0.2, 0) is 9.53 Å². The first-order valence-corrected chi connectivity index (χ1v) is 19.8. The SMILES string of the molecule is C=C(C)C1CCC2(NC(=O)CN3CC(C)OC(C)C3)CCC3(C)C(CCC4C5(C)CC=C(c6ccc(C(=O)O)cc6)C(C)(C)C5CCC43C)C12. The summed E-state index contributed by atoms with van der Waals surface area (Å²) >= 11 is 0. The van der Waals surface area contributed by atoms with Crippen LogP contribution in [0.4, 0.5) is 0 Å². The van der Waals surface area contributed by atoms with Crippen molar-refractivity contribution in [1.29, 1.82) is 0 Å². The fourth-order valence-corrected chi connectivity index (χ4v) is 14.2. The standard InChI is InChI=1S/C44H64N2O4/c1-27(2)32-16-21-44(45-37(47)26-46-24-28(3)50-29(4)25-46)23-22-42(8)34(38(32)44)14-15-36-41(7)19-17-33(30-10-12-31(13-11-30)39(48)49)40(5,6)35(41)18-20-43(36,42)9/h10-13,17,28-29,32,34-36,38H,1,14-16,18-26H2,2-9H3,(H,45,47)(H,48,49). The zero-order chi connectivity index (χ0) is 36.0. The molecule has 0 spiro atoms. The Balaban J connectivity index is 1.17. The second-order valence-corrected chi connectivity index (χ2v) is 19.3. The lowest BCUT2D eigenvalue weighted by Gasteiger charge is -2.72. The third-order valence-electron chi connectivity index (χ3n) is 16.3. The van der Waals surface area contributed by atoms with Gasteiger partial charge in [-0.05, 0) is 153 Å². The van der Waals surface area contributed by atoms with E-state index in [1.807, 2.05) is 12.1 Å². The van der Waals surface area contributed by atoms with Gasteiger partial charge in [0.05, 0.1) is 24.3 Å². The van der Waals surface area contributed by atoms with Crippen molar-refractivity contribution in [3.8, 4) is 0 Å². The van der Waals surface area contributed by atoms with Crippen LogP contribution in [-0.4, -0.2) is 59.3 Å².